The van der Waals surface area contributed by atoms with Gasteiger partial charge in [0.25, 0.3) is 0 Å². The number of esters is 1. The number of hydrogen-bond donors (Lipinski definition) is 4. The van der Waals surface area contributed by atoms with Crippen LogP contribution in [0.2, 0.25) is 0 Å². The molecular formula is C58H69N5O14. The predicted molar refractivity (Wildman–Crippen MR) is 279 cm³/mol. The lowest BCUT2D eigenvalue weighted by atomic mass is 9.44. The van der Waals surface area contributed by atoms with Gasteiger partial charge >= 0.3 is 5.97 Å². The van der Waals surface area contributed by atoms with Gasteiger partial charge < -0.3 is 58.5 Å². The van der Waals surface area contributed by atoms with Crippen LogP contribution in [-0.2, 0) is 35.0 Å². The molecule has 9 aliphatic rings. The second-order valence-electron chi connectivity index (χ2n) is 23.4. The molecule has 3 aromatic rings. The molecule has 77 heavy (non-hydrogen) atoms. The van der Waals surface area contributed by atoms with Gasteiger partial charge in [0.15, 0.2) is 28.5 Å². The highest BCUT2D eigenvalue weighted by Gasteiger charge is 2.86. The molecule has 19 heteroatoms. The molecule has 4 N–H and O–H groups in total. The minimum atomic E-state index is -1.64. The normalized spacial score (nSPS) is 33.2. The summed E-state index contributed by atoms with van der Waals surface area (Å²) in [4.78, 5) is 54.0. The van der Waals surface area contributed by atoms with Crippen LogP contribution in [0.1, 0.15) is 128 Å². The first kappa shape index (κ1) is 53.0. The van der Waals surface area contributed by atoms with Crippen molar-refractivity contribution in [1.29, 1.82) is 0 Å². The van der Waals surface area contributed by atoms with Gasteiger partial charge in [-0.1, -0.05) is 29.4 Å². The highest BCUT2D eigenvalue weighted by Crippen LogP contribution is 2.73. The molecule has 410 valence electrons. The van der Waals surface area contributed by atoms with Crippen LogP contribution in [0.4, 0.5) is 5.95 Å². The van der Waals surface area contributed by atoms with Crippen LogP contribution in [-0.4, -0.2) is 132 Å². The largest absolute Gasteiger partial charge is 0.482 e. The molecule has 4 bridgehead atoms. The predicted octanol–water partition coefficient (Wildman–Crippen LogP) is 6.53. The van der Waals surface area contributed by atoms with Gasteiger partial charge in [0.1, 0.15) is 53.6 Å². The molecule has 3 saturated heterocycles. The molecule has 0 radical (unpaired) electrons. The van der Waals surface area contributed by atoms with E-state index in [0.29, 0.717) is 58.7 Å². The molecule has 3 saturated carbocycles. The number of aliphatic imine (C=N–C) groups is 1. The van der Waals surface area contributed by atoms with Gasteiger partial charge in [-0.05, 0) is 131 Å². The number of nitrogens with zero attached hydrogens (tertiary/aromatic N) is 4. The second-order valence-corrected chi connectivity index (χ2v) is 23.4. The lowest BCUT2D eigenvalue weighted by Gasteiger charge is -2.64. The maximum atomic E-state index is 15.7. The van der Waals surface area contributed by atoms with Crippen molar-refractivity contribution in [2.24, 2.45) is 22.7 Å². The van der Waals surface area contributed by atoms with Crippen LogP contribution in [0.15, 0.2) is 76.6 Å². The third-order valence-electron chi connectivity index (χ3n) is 16.7. The molecule has 19 nitrogen and oxygen atoms in total. The number of carbonyl (C=O) groups excluding carboxylic acids is 3. The monoisotopic (exact) mass is 1060 g/mol. The maximum Gasteiger partial charge on any atom is 0.343 e. The van der Waals surface area contributed by atoms with Crippen molar-refractivity contribution < 1.29 is 67.6 Å². The number of Topliss-reactive ketones (excluding diaryl/α,β-unsaturated/α-hetero) is 1. The van der Waals surface area contributed by atoms with E-state index in [1.54, 1.807) is 43.7 Å². The first-order chi connectivity index (χ1) is 36.5. The fourth-order valence-corrected chi connectivity index (χ4v) is 13.2. The highest BCUT2D eigenvalue weighted by molar-refractivity contribution is 6.15. The number of benzene rings is 2. The van der Waals surface area contributed by atoms with Crippen LogP contribution in [0, 0.1) is 17.8 Å². The number of allylic oxidation sites excluding steroid dienone is 4. The van der Waals surface area contributed by atoms with Crippen LogP contribution in [0.5, 0.6) is 23.0 Å². The minimum Gasteiger partial charge on any atom is -0.482 e. The molecule has 1 spiro atoms. The van der Waals surface area contributed by atoms with Crippen LogP contribution in [0.25, 0.3) is 6.08 Å². The third-order valence-corrected chi connectivity index (χ3v) is 16.7. The van der Waals surface area contributed by atoms with E-state index in [4.69, 9.17) is 42.9 Å². The fourth-order valence-electron chi connectivity index (χ4n) is 13.2. The first-order valence-electron chi connectivity index (χ1n) is 26.7. The zero-order valence-electron chi connectivity index (χ0n) is 45.2. The summed E-state index contributed by atoms with van der Waals surface area (Å²) in [5, 5.41) is 39.0. The summed E-state index contributed by atoms with van der Waals surface area (Å²) in [6, 6.07) is 5.54. The van der Waals surface area contributed by atoms with Gasteiger partial charge in [-0.15, -0.1) is 0 Å². The van der Waals surface area contributed by atoms with Crippen molar-refractivity contribution in [2.45, 2.75) is 166 Å². The molecule has 1 aromatic heterocycles. The van der Waals surface area contributed by atoms with E-state index < -0.39 is 88.7 Å². The zero-order valence-corrected chi connectivity index (χ0v) is 45.2. The number of fused-ring (bicyclic) bond motifs is 5. The molecule has 6 fully saturated rings. The van der Waals surface area contributed by atoms with Crippen molar-refractivity contribution in [3.8, 4) is 23.0 Å². The van der Waals surface area contributed by atoms with E-state index in [0.717, 1.165) is 12.0 Å². The summed E-state index contributed by atoms with van der Waals surface area (Å²) in [6.45, 7) is 19.2. The van der Waals surface area contributed by atoms with Gasteiger partial charge in [0.05, 0.1) is 53.2 Å². The van der Waals surface area contributed by atoms with E-state index in [1.807, 2.05) is 46.8 Å². The van der Waals surface area contributed by atoms with Crippen molar-refractivity contribution in [1.82, 2.24) is 20.1 Å². The minimum absolute atomic E-state index is 0.0111. The van der Waals surface area contributed by atoms with E-state index in [-0.39, 0.29) is 60.9 Å². The topological polar surface area (TPSA) is 241 Å². The molecule has 2 aromatic carbocycles. The Kier molecular flexibility index (Phi) is 13.1. The Morgan fingerprint density at radius 2 is 1.71 bits per heavy atom. The number of aromatic nitrogens is 3. The first-order valence-corrected chi connectivity index (χ1v) is 26.7. The quantitative estimate of drug-likeness (QED) is 0.0581. The zero-order chi connectivity index (χ0) is 54.7. The SMILES string of the molecule is CC(C)=CCCC1(C)C=Cc2c(c(CC=C(C)C)c3c(c2OC(=O)c2ccc(O[C@@H]4O[C@@H]5COC(C)(C)O[C@H]5[C@H](O)[C@H]4O)cc2)C2=Nc4ncnn4C4C2C2(O3)[C@@H]3C[C@@H]4C(=O)C2(CC=C(C)C(=O)NCCO)OC3(C)C)O1. The molecule has 3 aliphatic carbocycles. The molecule has 5 unspecified atom stereocenters. The lowest BCUT2D eigenvalue weighted by Crippen LogP contribution is -2.79. The van der Waals surface area contributed by atoms with Crippen LogP contribution >= 0.6 is 0 Å². The van der Waals surface area contributed by atoms with Gasteiger partial charge in [-0.3, -0.25) is 9.59 Å². The van der Waals surface area contributed by atoms with Crippen molar-refractivity contribution >= 4 is 35.4 Å². The number of ether oxygens (including phenoxy) is 8. The Labute approximate surface area is 447 Å². The Balaban J connectivity index is 1.05. The number of carbonyl (C=O) groups is 3. The molecule has 12 atom stereocenters. The Morgan fingerprint density at radius 3 is 2.44 bits per heavy atom. The number of ketones is 1. The van der Waals surface area contributed by atoms with E-state index in [1.165, 1.54) is 24.0 Å². The van der Waals surface area contributed by atoms with Crippen LogP contribution in [0.3, 0.4) is 0 Å². The van der Waals surface area contributed by atoms with E-state index in [9.17, 15) is 24.9 Å². The highest BCUT2D eigenvalue weighted by atomic mass is 16.8. The van der Waals surface area contributed by atoms with E-state index >= 15 is 4.79 Å². The van der Waals surface area contributed by atoms with Gasteiger partial charge in [0, 0.05) is 35.9 Å². The summed E-state index contributed by atoms with van der Waals surface area (Å²) < 4.78 is 54.5. The molecule has 1 amide bonds. The number of hydrogen-bond acceptors (Lipinski definition) is 17. The molecule has 7 heterocycles. The van der Waals surface area contributed by atoms with Crippen molar-refractivity contribution in [3.63, 3.8) is 0 Å². The third kappa shape index (κ3) is 8.58. The summed E-state index contributed by atoms with van der Waals surface area (Å²) in [5.74, 6) is -2.57. The molecule has 6 aliphatic heterocycles. The van der Waals surface area contributed by atoms with Crippen molar-refractivity contribution in [2.75, 3.05) is 19.8 Å². The fraction of sp³-hybridized carbons (Fsp3) is 0.552. The van der Waals surface area contributed by atoms with Gasteiger partial charge in [-0.25, -0.2) is 14.5 Å². The van der Waals surface area contributed by atoms with Gasteiger partial charge in [0.2, 0.25) is 18.1 Å². The second kappa shape index (κ2) is 19.1. The Hall–Kier alpha value is -6.06. The number of aliphatic hydroxyl groups excluding tert-OH is 3. The maximum absolute atomic E-state index is 15.7. The summed E-state index contributed by atoms with van der Waals surface area (Å²) in [7, 11) is 0. The lowest BCUT2D eigenvalue weighted by molar-refractivity contribution is -0.373. The number of nitrogens with one attached hydrogen (secondary N) is 1. The Morgan fingerprint density at radius 1 is 0.961 bits per heavy atom. The average molecular weight is 1060 g/mol. The number of aliphatic hydroxyl groups is 3. The number of amides is 1. The molecule has 12 rings (SSSR count). The smallest absolute Gasteiger partial charge is 0.343 e. The van der Waals surface area contributed by atoms with Crippen LogP contribution < -0.4 is 24.3 Å². The Bertz CT molecular complexity index is 3070. The number of rotatable bonds is 14. The summed E-state index contributed by atoms with van der Waals surface area (Å²) >= 11 is 0. The summed E-state index contributed by atoms with van der Waals surface area (Å²) in [5.41, 5.74) is -0.0637. The van der Waals surface area contributed by atoms with E-state index in [2.05, 4.69) is 41.4 Å². The molecular weight excluding hydrogens is 991 g/mol. The van der Waals surface area contributed by atoms with Gasteiger partial charge in [-0.2, -0.15) is 10.1 Å². The summed E-state index contributed by atoms with van der Waals surface area (Å²) in [6.07, 6.45) is 7.81. The van der Waals surface area contributed by atoms with Crippen molar-refractivity contribution in [3.05, 3.63) is 93.9 Å². The standard InChI is InChI=1S/C58H69N5O14/c1-29(2)12-11-21-56(10)22-20-35-45(75-56)34(18-13-30(3)4)47-39(46(35)73-51(69)32-14-16-33(17-15-32)71-52-44(66)43(65)48-37(72-52)27-70-55(8,9)74-48)41-40-42(63-53(62-41)60-28-61-63)36-26-38-54(6,7)77-57(49(36)67,58(38,40)76-47)23-19-31(5)50(68)59-24-25-64/h12-17,19-20,22,28,36-38,40,42-44,48,52,64-66H,11,18,21,23-27H2,1-10H3,(H,59,68)/t36-,37+,38+,40?,42?,43+,44+,48+,52+,56?,57?,58?/m0/s1. The average Bonchev–Trinajstić information content (AvgIpc) is 4.09.